The van der Waals surface area contributed by atoms with Gasteiger partial charge in [0.15, 0.2) is 12.4 Å². The van der Waals surface area contributed by atoms with Crippen LogP contribution in [0.5, 0.6) is 5.75 Å². The van der Waals surface area contributed by atoms with Crippen LogP contribution in [0, 0.1) is 5.92 Å². The number of amides is 2. The Morgan fingerprint density at radius 1 is 1.10 bits per heavy atom. The fourth-order valence-electron chi connectivity index (χ4n) is 2.77. The summed E-state index contributed by atoms with van der Waals surface area (Å²) in [6.07, 6.45) is 7.14. The van der Waals surface area contributed by atoms with Gasteiger partial charge in [0.25, 0.3) is 5.91 Å². The maximum atomic E-state index is 12.2. The number of carbonyl (C=O) groups excluding carboxylic acids is 2. The largest absolute Gasteiger partial charge is 0.484 e. The van der Waals surface area contributed by atoms with Gasteiger partial charge in [-0.15, -0.1) is 0 Å². The normalized spacial score (nSPS) is 13.0. The molecule has 148 valence electrons. The van der Waals surface area contributed by atoms with Crippen molar-refractivity contribution in [3.63, 3.8) is 0 Å². The number of rotatable bonds is 8. The first-order valence-corrected chi connectivity index (χ1v) is 9.42. The number of carbonyl (C=O) groups is 2. The smallest absolute Gasteiger partial charge is 0.263 e. The number of nitrogens with one attached hydrogen (secondary N) is 2. The maximum Gasteiger partial charge on any atom is 0.263 e. The molecule has 4 rings (SSSR count). The molecule has 1 fully saturated rings. The van der Waals surface area contributed by atoms with Crippen molar-refractivity contribution in [3.05, 3.63) is 66.6 Å². The Balaban J connectivity index is 1.26. The van der Waals surface area contributed by atoms with Crippen molar-refractivity contribution in [2.75, 3.05) is 17.2 Å². The Hall–Kier alpha value is -3.68. The van der Waals surface area contributed by atoms with Crippen LogP contribution in [0.1, 0.15) is 18.4 Å². The first-order chi connectivity index (χ1) is 14.2. The minimum atomic E-state index is -0.313. The quantitative estimate of drug-likeness (QED) is 0.615. The minimum Gasteiger partial charge on any atom is -0.484 e. The van der Waals surface area contributed by atoms with E-state index in [1.807, 2.05) is 12.1 Å². The fraction of sp³-hybridized carbons (Fsp3) is 0.238. The lowest BCUT2D eigenvalue weighted by atomic mass is 10.3. The van der Waals surface area contributed by atoms with Gasteiger partial charge in [0.05, 0.1) is 6.54 Å². The highest BCUT2D eigenvalue weighted by Crippen LogP contribution is 2.30. The molecule has 2 heterocycles. The second-order valence-corrected chi connectivity index (χ2v) is 6.88. The molecule has 2 amide bonds. The first kappa shape index (κ1) is 18.7. The summed E-state index contributed by atoms with van der Waals surface area (Å²) in [7, 11) is 0. The van der Waals surface area contributed by atoms with Gasteiger partial charge in [-0.25, -0.2) is 0 Å². The summed E-state index contributed by atoms with van der Waals surface area (Å²) in [5.74, 6) is 0.813. The summed E-state index contributed by atoms with van der Waals surface area (Å²) in [6.45, 7) is 0.436. The van der Waals surface area contributed by atoms with Crippen LogP contribution in [0.3, 0.4) is 0 Å². The molecular weight excluding hydrogens is 370 g/mol. The average molecular weight is 391 g/mol. The summed E-state index contributed by atoms with van der Waals surface area (Å²) in [6, 6.07) is 12.6. The highest BCUT2D eigenvalue weighted by atomic mass is 16.5. The van der Waals surface area contributed by atoms with Crippen LogP contribution in [-0.4, -0.2) is 33.2 Å². The topological polar surface area (TPSA) is 98.1 Å². The zero-order valence-electron chi connectivity index (χ0n) is 15.7. The van der Waals surface area contributed by atoms with Crippen LogP contribution in [0.15, 0.2) is 61.1 Å². The van der Waals surface area contributed by atoms with Crippen LogP contribution in [0.2, 0.25) is 0 Å². The summed E-state index contributed by atoms with van der Waals surface area (Å²) in [5, 5.41) is 9.90. The molecule has 0 spiro atoms. The van der Waals surface area contributed by atoms with E-state index in [-0.39, 0.29) is 24.3 Å². The van der Waals surface area contributed by atoms with Gasteiger partial charge in [-0.05, 0) is 42.7 Å². The molecule has 1 aliphatic rings. The molecule has 1 aliphatic carbocycles. The van der Waals surface area contributed by atoms with Crippen molar-refractivity contribution in [1.29, 1.82) is 0 Å². The van der Waals surface area contributed by atoms with E-state index in [9.17, 15) is 9.59 Å². The molecular formula is C21H21N5O3. The standard InChI is InChI=1S/C21H21N5O3/c27-20(24-19-8-11-26(25-19)13-15-6-9-22-10-7-15)14-29-18-3-1-2-17(12-18)23-21(28)16-4-5-16/h1-3,6-12,16H,4-5,13-14H2,(H,23,28)(H,24,25,27). The molecule has 0 unspecified atom stereocenters. The summed E-state index contributed by atoms with van der Waals surface area (Å²) >= 11 is 0. The van der Waals surface area contributed by atoms with E-state index in [1.165, 1.54) is 0 Å². The molecule has 1 saturated carbocycles. The van der Waals surface area contributed by atoms with E-state index in [0.717, 1.165) is 18.4 Å². The second-order valence-electron chi connectivity index (χ2n) is 6.88. The van der Waals surface area contributed by atoms with E-state index in [1.54, 1.807) is 53.6 Å². The first-order valence-electron chi connectivity index (χ1n) is 9.42. The zero-order valence-corrected chi connectivity index (χ0v) is 15.7. The Labute approximate surface area is 167 Å². The lowest BCUT2D eigenvalue weighted by Gasteiger charge is -2.09. The molecule has 8 nitrogen and oxygen atoms in total. The van der Waals surface area contributed by atoms with Gasteiger partial charge in [0.2, 0.25) is 5.91 Å². The predicted octanol–water partition coefficient (Wildman–Crippen LogP) is 2.69. The lowest BCUT2D eigenvalue weighted by molar-refractivity contribution is -0.118. The Morgan fingerprint density at radius 2 is 1.93 bits per heavy atom. The van der Waals surface area contributed by atoms with Gasteiger partial charge >= 0.3 is 0 Å². The molecule has 29 heavy (non-hydrogen) atoms. The molecule has 0 saturated heterocycles. The molecule has 0 radical (unpaired) electrons. The zero-order chi connectivity index (χ0) is 20.1. The summed E-state index contributed by atoms with van der Waals surface area (Å²) in [5.41, 5.74) is 1.73. The molecule has 3 aromatic rings. The Kier molecular flexibility index (Phi) is 5.51. The van der Waals surface area contributed by atoms with Gasteiger partial charge in [-0.3, -0.25) is 19.3 Å². The fourth-order valence-corrected chi connectivity index (χ4v) is 2.77. The van der Waals surface area contributed by atoms with E-state index in [4.69, 9.17) is 4.74 Å². The molecule has 0 aliphatic heterocycles. The summed E-state index contributed by atoms with van der Waals surface area (Å²) in [4.78, 5) is 28.0. The van der Waals surface area contributed by atoms with Gasteiger partial charge < -0.3 is 15.4 Å². The van der Waals surface area contributed by atoms with Crippen molar-refractivity contribution < 1.29 is 14.3 Å². The van der Waals surface area contributed by atoms with Gasteiger partial charge in [-0.1, -0.05) is 6.07 Å². The minimum absolute atomic E-state index is 0.0299. The average Bonchev–Trinajstić information content (AvgIpc) is 3.49. The Morgan fingerprint density at radius 3 is 2.72 bits per heavy atom. The van der Waals surface area contributed by atoms with Crippen molar-refractivity contribution in [3.8, 4) is 5.75 Å². The highest BCUT2D eigenvalue weighted by molar-refractivity contribution is 5.94. The van der Waals surface area contributed by atoms with Crippen LogP contribution in [-0.2, 0) is 16.1 Å². The van der Waals surface area contributed by atoms with E-state index in [2.05, 4.69) is 20.7 Å². The van der Waals surface area contributed by atoms with Crippen molar-refractivity contribution in [2.45, 2.75) is 19.4 Å². The number of anilines is 2. The number of hydrogen-bond donors (Lipinski definition) is 2. The SMILES string of the molecule is O=C(COc1cccc(NC(=O)C2CC2)c1)Nc1ccn(Cc2ccncc2)n1. The summed E-state index contributed by atoms with van der Waals surface area (Å²) < 4.78 is 7.27. The molecule has 0 atom stereocenters. The number of ether oxygens (including phenoxy) is 1. The van der Waals surface area contributed by atoms with Crippen molar-refractivity contribution in [1.82, 2.24) is 14.8 Å². The number of pyridine rings is 1. The highest BCUT2D eigenvalue weighted by Gasteiger charge is 2.29. The maximum absolute atomic E-state index is 12.2. The molecule has 2 N–H and O–H groups in total. The van der Waals surface area contributed by atoms with Crippen LogP contribution in [0.25, 0.3) is 0 Å². The third-order valence-corrected chi connectivity index (χ3v) is 4.42. The van der Waals surface area contributed by atoms with Crippen LogP contribution >= 0.6 is 0 Å². The molecule has 1 aromatic carbocycles. The number of hydrogen-bond acceptors (Lipinski definition) is 5. The second kappa shape index (κ2) is 8.55. The van der Waals surface area contributed by atoms with Gasteiger partial charge in [0.1, 0.15) is 5.75 Å². The van der Waals surface area contributed by atoms with Crippen LogP contribution in [0.4, 0.5) is 11.5 Å². The number of nitrogens with zero attached hydrogens (tertiary/aromatic N) is 3. The van der Waals surface area contributed by atoms with Crippen molar-refractivity contribution in [2.24, 2.45) is 5.92 Å². The van der Waals surface area contributed by atoms with Gasteiger partial charge in [-0.2, -0.15) is 5.10 Å². The molecule has 0 bridgehead atoms. The monoisotopic (exact) mass is 391 g/mol. The molecule has 2 aromatic heterocycles. The molecule has 8 heteroatoms. The van der Waals surface area contributed by atoms with E-state index in [0.29, 0.717) is 23.8 Å². The number of benzene rings is 1. The lowest BCUT2D eigenvalue weighted by Crippen LogP contribution is -2.20. The Bertz CT molecular complexity index is 998. The van der Waals surface area contributed by atoms with Gasteiger partial charge in [0, 0.05) is 42.3 Å². The van der Waals surface area contributed by atoms with Crippen molar-refractivity contribution >= 4 is 23.3 Å². The predicted molar refractivity (Wildman–Crippen MR) is 107 cm³/mol. The third-order valence-electron chi connectivity index (χ3n) is 4.42. The van der Waals surface area contributed by atoms with E-state index < -0.39 is 0 Å². The van der Waals surface area contributed by atoms with E-state index >= 15 is 0 Å². The number of aromatic nitrogens is 3. The van der Waals surface area contributed by atoms with Crippen LogP contribution < -0.4 is 15.4 Å². The third kappa shape index (κ3) is 5.41.